The predicted octanol–water partition coefficient (Wildman–Crippen LogP) is 1.99. The molecular weight excluding hydrogens is 214 g/mol. The number of pyridine rings is 1. The third-order valence-electron chi connectivity index (χ3n) is 1.99. The Bertz CT molecular complexity index is 442. The summed E-state index contributed by atoms with van der Waals surface area (Å²) < 4.78 is 6.94. The molecule has 0 aliphatic carbocycles. The number of hydrogen-bond donors (Lipinski definition) is 0. The highest BCUT2D eigenvalue weighted by atomic mass is 35.5. The van der Waals surface area contributed by atoms with Gasteiger partial charge in [-0.3, -0.25) is 4.68 Å². The standard InChI is InChI=1S/C10H10ClN3O/c1-15-10-8(3-4-9(11)13-10)7-14-6-2-5-12-14/h2-6H,7H2,1H3. The van der Waals surface area contributed by atoms with Gasteiger partial charge < -0.3 is 4.74 Å². The quantitative estimate of drug-likeness (QED) is 0.748. The summed E-state index contributed by atoms with van der Waals surface area (Å²) in [6.45, 7) is 0.625. The van der Waals surface area contributed by atoms with Crippen LogP contribution in [0.5, 0.6) is 5.88 Å². The number of ether oxygens (including phenoxy) is 1. The Labute approximate surface area is 92.5 Å². The normalized spacial score (nSPS) is 10.3. The minimum Gasteiger partial charge on any atom is -0.481 e. The zero-order valence-corrected chi connectivity index (χ0v) is 8.98. The highest BCUT2D eigenvalue weighted by Gasteiger charge is 2.05. The third kappa shape index (κ3) is 2.27. The summed E-state index contributed by atoms with van der Waals surface area (Å²) in [5.41, 5.74) is 0.950. The highest BCUT2D eigenvalue weighted by molar-refractivity contribution is 6.29. The lowest BCUT2D eigenvalue weighted by Gasteiger charge is -2.07. The fourth-order valence-electron chi connectivity index (χ4n) is 1.31. The molecule has 15 heavy (non-hydrogen) atoms. The lowest BCUT2D eigenvalue weighted by Crippen LogP contribution is -2.03. The van der Waals surface area contributed by atoms with Gasteiger partial charge in [0.25, 0.3) is 0 Å². The number of halogens is 1. The van der Waals surface area contributed by atoms with Crippen LogP contribution in [0, 0.1) is 0 Å². The van der Waals surface area contributed by atoms with Gasteiger partial charge in [0, 0.05) is 18.0 Å². The second kappa shape index (κ2) is 4.31. The van der Waals surface area contributed by atoms with Gasteiger partial charge >= 0.3 is 0 Å². The van der Waals surface area contributed by atoms with Gasteiger partial charge in [-0.2, -0.15) is 5.10 Å². The van der Waals surface area contributed by atoms with Crippen LogP contribution in [-0.2, 0) is 6.54 Å². The molecule has 0 unspecified atom stereocenters. The van der Waals surface area contributed by atoms with Crippen LogP contribution >= 0.6 is 11.6 Å². The first-order valence-electron chi connectivity index (χ1n) is 4.46. The summed E-state index contributed by atoms with van der Waals surface area (Å²) in [5, 5.41) is 4.54. The Morgan fingerprint density at radius 1 is 1.47 bits per heavy atom. The molecule has 0 aliphatic rings. The van der Waals surface area contributed by atoms with Crippen molar-refractivity contribution in [2.24, 2.45) is 0 Å². The topological polar surface area (TPSA) is 39.9 Å². The lowest BCUT2D eigenvalue weighted by atomic mass is 10.3. The van der Waals surface area contributed by atoms with Crippen LogP contribution in [0.3, 0.4) is 0 Å². The first-order chi connectivity index (χ1) is 7.29. The van der Waals surface area contributed by atoms with Crippen LogP contribution in [0.1, 0.15) is 5.56 Å². The molecule has 2 aromatic rings. The number of rotatable bonds is 3. The molecule has 0 radical (unpaired) electrons. The number of methoxy groups -OCH3 is 1. The van der Waals surface area contributed by atoms with Crippen molar-refractivity contribution in [3.63, 3.8) is 0 Å². The van der Waals surface area contributed by atoms with Crippen LogP contribution in [0.2, 0.25) is 5.15 Å². The van der Waals surface area contributed by atoms with E-state index in [0.29, 0.717) is 17.6 Å². The van der Waals surface area contributed by atoms with Crippen LogP contribution in [0.15, 0.2) is 30.6 Å². The minimum atomic E-state index is 0.427. The van der Waals surface area contributed by atoms with E-state index in [0.717, 1.165) is 5.56 Å². The van der Waals surface area contributed by atoms with Crippen molar-refractivity contribution >= 4 is 11.6 Å². The lowest BCUT2D eigenvalue weighted by molar-refractivity contribution is 0.390. The van der Waals surface area contributed by atoms with E-state index in [1.54, 1.807) is 24.1 Å². The largest absolute Gasteiger partial charge is 0.481 e. The van der Waals surface area contributed by atoms with E-state index in [1.165, 1.54) is 0 Å². The van der Waals surface area contributed by atoms with Gasteiger partial charge in [-0.05, 0) is 18.2 Å². The Kier molecular flexibility index (Phi) is 2.87. The van der Waals surface area contributed by atoms with Crippen molar-refractivity contribution < 1.29 is 4.74 Å². The van der Waals surface area contributed by atoms with Gasteiger partial charge in [0.2, 0.25) is 5.88 Å². The van der Waals surface area contributed by atoms with Crippen molar-refractivity contribution in [2.75, 3.05) is 7.11 Å². The molecule has 2 heterocycles. The molecular formula is C10H10ClN3O. The van der Waals surface area contributed by atoms with Gasteiger partial charge in [0.1, 0.15) is 5.15 Å². The zero-order chi connectivity index (χ0) is 10.7. The molecule has 0 aliphatic heterocycles. The monoisotopic (exact) mass is 223 g/mol. The molecule has 0 fully saturated rings. The summed E-state index contributed by atoms with van der Waals surface area (Å²) in [4.78, 5) is 4.07. The van der Waals surface area contributed by atoms with Crippen molar-refractivity contribution in [2.45, 2.75) is 6.54 Å². The second-order valence-corrected chi connectivity index (χ2v) is 3.39. The molecule has 0 aromatic carbocycles. The number of hydrogen-bond acceptors (Lipinski definition) is 3. The van der Waals surface area contributed by atoms with E-state index in [-0.39, 0.29) is 0 Å². The average molecular weight is 224 g/mol. The average Bonchev–Trinajstić information content (AvgIpc) is 2.73. The smallest absolute Gasteiger partial charge is 0.219 e. The van der Waals surface area contributed by atoms with Crippen molar-refractivity contribution in [3.05, 3.63) is 41.3 Å². The molecule has 4 nitrogen and oxygen atoms in total. The number of aromatic nitrogens is 3. The summed E-state index contributed by atoms with van der Waals surface area (Å²) in [6.07, 6.45) is 3.61. The van der Waals surface area contributed by atoms with E-state index < -0.39 is 0 Å². The maximum atomic E-state index is 5.76. The molecule has 2 aromatic heterocycles. The van der Waals surface area contributed by atoms with E-state index in [4.69, 9.17) is 16.3 Å². The van der Waals surface area contributed by atoms with E-state index >= 15 is 0 Å². The Hall–Kier alpha value is -1.55. The first-order valence-corrected chi connectivity index (χ1v) is 4.84. The Balaban J connectivity index is 2.28. The summed E-state index contributed by atoms with van der Waals surface area (Å²) >= 11 is 5.76. The molecule has 0 atom stereocenters. The summed E-state index contributed by atoms with van der Waals surface area (Å²) in [6, 6.07) is 5.49. The molecule has 0 amide bonds. The summed E-state index contributed by atoms with van der Waals surface area (Å²) in [7, 11) is 1.57. The van der Waals surface area contributed by atoms with E-state index in [9.17, 15) is 0 Å². The van der Waals surface area contributed by atoms with Gasteiger partial charge in [-0.15, -0.1) is 0 Å². The molecule has 0 spiro atoms. The zero-order valence-electron chi connectivity index (χ0n) is 8.22. The van der Waals surface area contributed by atoms with Gasteiger partial charge in [0.05, 0.1) is 13.7 Å². The van der Waals surface area contributed by atoms with Gasteiger partial charge in [0.15, 0.2) is 0 Å². The SMILES string of the molecule is COc1nc(Cl)ccc1Cn1cccn1. The molecule has 0 saturated carbocycles. The maximum Gasteiger partial charge on any atom is 0.219 e. The van der Waals surface area contributed by atoms with Crippen molar-refractivity contribution in [1.29, 1.82) is 0 Å². The molecule has 78 valence electrons. The minimum absolute atomic E-state index is 0.427. The Morgan fingerprint density at radius 3 is 3.00 bits per heavy atom. The van der Waals surface area contributed by atoms with Crippen molar-refractivity contribution in [1.82, 2.24) is 14.8 Å². The van der Waals surface area contributed by atoms with Crippen LogP contribution in [-0.4, -0.2) is 21.9 Å². The first kappa shape index (κ1) is 9.98. The molecule has 2 rings (SSSR count). The number of nitrogens with zero attached hydrogens (tertiary/aromatic N) is 3. The maximum absolute atomic E-state index is 5.76. The fourth-order valence-corrected chi connectivity index (χ4v) is 1.45. The fraction of sp³-hybridized carbons (Fsp3) is 0.200. The van der Waals surface area contributed by atoms with Crippen molar-refractivity contribution in [3.8, 4) is 5.88 Å². The van der Waals surface area contributed by atoms with Crippen LogP contribution < -0.4 is 4.74 Å². The van der Waals surface area contributed by atoms with Gasteiger partial charge in [-0.25, -0.2) is 4.98 Å². The van der Waals surface area contributed by atoms with Gasteiger partial charge in [-0.1, -0.05) is 11.6 Å². The summed E-state index contributed by atoms with van der Waals surface area (Å²) in [5.74, 6) is 0.540. The molecule has 0 bridgehead atoms. The molecule has 0 saturated heterocycles. The van der Waals surface area contributed by atoms with E-state index in [2.05, 4.69) is 10.1 Å². The predicted molar refractivity (Wildman–Crippen MR) is 57.1 cm³/mol. The second-order valence-electron chi connectivity index (χ2n) is 3.01. The molecule has 0 N–H and O–H groups in total. The van der Waals surface area contributed by atoms with Crippen LogP contribution in [0.25, 0.3) is 0 Å². The third-order valence-corrected chi connectivity index (χ3v) is 2.20. The highest BCUT2D eigenvalue weighted by Crippen LogP contribution is 2.19. The Morgan fingerprint density at radius 2 is 2.33 bits per heavy atom. The molecule has 5 heteroatoms. The van der Waals surface area contributed by atoms with Crippen LogP contribution in [0.4, 0.5) is 0 Å². The van der Waals surface area contributed by atoms with E-state index in [1.807, 2.05) is 18.3 Å².